The highest BCUT2D eigenvalue weighted by molar-refractivity contribution is 5.77. The van der Waals surface area contributed by atoms with Gasteiger partial charge in [-0.15, -0.1) is 0 Å². The molecule has 1 fully saturated rings. The Labute approximate surface area is 61.7 Å². The minimum atomic E-state index is 0.562. The van der Waals surface area contributed by atoms with Gasteiger partial charge in [-0.3, -0.25) is 4.99 Å². The Morgan fingerprint density at radius 2 is 2.40 bits per heavy atom. The van der Waals surface area contributed by atoms with Gasteiger partial charge in [0.15, 0.2) is 5.96 Å². The van der Waals surface area contributed by atoms with Gasteiger partial charge in [-0.1, -0.05) is 6.42 Å². The summed E-state index contributed by atoms with van der Waals surface area (Å²) in [5, 5.41) is 3.06. The van der Waals surface area contributed by atoms with E-state index < -0.39 is 0 Å². The van der Waals surface area contributed by atoms with Crippen LogP contribution in [0.2, 0.25) is 0 Å². The highest BCUT2D eigenvalue weighted by Gasteiger charge is 2.16. The lowest BCUT2D eigenvalue weighted by Crippen LogP contribution is -2.37. The Morgan fingerprint density at radius 1 is 1.70 bits per heavy atom. The lowest BCUT2D eigenvalue weighted by molar-refractivity contribution is 0.315. The quantitative estimate of drug-likeness (QED) is 0.430. The zero-order valence-electron chi connectivity index (χ0n) is 6.43. The fourth-order valence-electron chi connectivity index (χ4n) is 1.02. The van der Waals surface area contributed by atoms with E-state index in [1.54, 1.807) is 7.05 Å². The van der Waals surface area contributed by atoms with E-state index in [4.69, 9.17) is 5.73 Å². The van der Waals surface area contributed by atoms with Crippen LogP contribution in [0, 0.1) is 5.92 Å². The average molecular weight is 141 g/mol. The SMILES string of the molecule is CN=C(N)NCC1CCC1. The molecular weight excluding hydrogens is 126 g/mol. The van der Waals surface area contributed by atoms with Crippen molar-refractivity contribution in [2.24, 2.45) is 16.6 Å². The van der Waals surface area contributed by atoms with Crippen molar-refractivity contribution in [2.45, 2.75) is 19.3 Å². The molecule has 58 valence electrons. The van der Waals surface area contributed by atoms with E-state index in [-0.39, 0.29) is 0 Å². The normalized spacial score (nSPS) is 20.3. The van der Waals surface area contributed by atoms with Gasteiger partial charge in [0.1, 0.15) is 0 Å². The summed E-state index contributed by atoms with van der Waals surface area (Å²) in [4.78, 5) is 3.80. The topological polar surface area (TPSA) is 50.4 Å². The molecule has 0 amide bonds. The van der Waals surface area contributed by atoms with Crippen molar-refractivity contribution >= 4 is 5.96 Å². The molecule has 0 saturated heterocycles. The molecule has 0 bridgehead atoms. The molecule has 0 atom stereocenters. The maximum atomic E-state index is 5.44. The van der Waals surface area contributed by atoms with Crippen LogP contribution in [0.4, 0.5) is 0 Å². The van der Waals surface area contributed by atoms with E-state index in [1.165, 1.54) is 19.3 Å². The van der Waals surface area contributed by atoms with Gasteiger partial charge < -0.3 is 11.1 Å². The molecule has 0 aromatic heterocycles. The Hall–Kier alpha value is -0.730. The van der Waals surface area contributed by atoms with Crippen LogP contribution in [-0.2, 0) is 0 Å². The van der Waals surface area contributed by atoms with Crippen molar-refractivity contribution in [1.29, 1.82) is 0 Å². The molecule has 0 radical (unpaired) electrons. The van der Waals surface area contributed by atoms with E-state index >= 15 is 0 Å². The molecule has 0 aromatic rings. The van der Waals surface area contributed by atoms with Gasteiger partial charge in [0.2, 0.25) is 0 Å². The molecule has 1 aliphatic carbocycles. The Morgan fingerprint density at radius 3 is 2.80 bits per heavy atom. The molecule has 1 aliphatic rings. The number of aliphatic imine (C=N–C) groups is 1. The molecule has 3 N–H and O–H groups in total. The minimum Gasteiger partial charge on any atom is -0.370 e. The molecule has 1 saturated carbocycles. The molecule has 3 heteroatoms. The number of nitrogens with two attached hydrogens (primary N) is 1. The van der Waals surface area contributed by atoms with Gasteiger partial charge >= 0.3 is 0 Å². The van der Waals surface area contributed by atoms with E-state index in [0.717, 1.165) is 12.5 Å². The lowest BCUT2D eigenvalue weighted by atomic mass is 9.85. The fourth-order valence-corrected chi connectivity index (χ4v) is 1.02. The van der Waals surface area contributed by atoms with Crippen molar-refractivity contribution in [1.82, 2.24) is 5.32 Å². The smallest absolute Gasteiger partial charge is 0.188 e. The predicted molar refractivity (Wildman–Crippen MR) is 42.9 cm³/mol. The summed E-state index contributed by atoms with van der Waals surface area (Å²) in [6, 6.07) is 0. The van der Waals surface area contributed by atoms with Crippen LogP contribution in [0.15, 0.2) is 4.99 Å². The third-order valence-corrected chi connectivity index (χ3v) is 2.04. The van der Waals surface area contributed by atoms with Gasteiger partial charge in [0, 0.05) is 13.6 Å². The molecule has 1 rings (SSSR count). The number of hydrogen-bond donors (Lipinski definition) is 2. The Kier molecular flexibility index (Phi) is 2.54. The summed E-state index contributed by atoms with van der Waals surface area (Å²) < 4.78 is 0. The van der Waals surface area contributed by atoms with Crippen LogP contribution in [0.5, 0.6) is 0 Å². The van der Waals surface area contributed by atoms with E-state index in [0.29, 0.717) is 5.96 Å². The van der Waals surface area contributed by atoms with Crippen LogP contribution in [0.25, 0.3) is 0 Å². The molecule has 0 aliphatic heterocycles. The first-order valence-electron chi connectivity index (χ1n) is 3.79. The third-order valence-electron chi connectivity index (χ3n) is 2.04. The molecule has 0 aromatic carbocycles. The monoisotopic (exact) mass is 141 g/mol. The molecular formula is C7H15N3. The number of guanidine groups is 1. The summed E-state index contributed by atoms with van der Waals surface area (Å²) >= 11 is 0. The summed E-state index contributed by atoms with van der Waals surface area (Å²) in [6.45, 7) is 1.00. The highest BCUT2D eigenvalue weighted by Crippen LogP contribution is 2.24. The minimum absolute atomic E-state index is 0.562. The number of hydrogen-bond acceptors (Lipinski definition) is 1. The van der Waals surface area contributed by atoms with Gasteiger partial charge in [0.25, 0.3) is 0 Å². The first-order chi connectivity index (χ1) is 4.83. The van der Waals surface area contributed by atoms with E-state index in [1.807, 2.05) is 0 Å². The second kappa shape index (κ2) is 3.44. The van der Waals surface area contributed by atoms with E-state index in [9.17, 15) is 0 Å². The van der Waals surface area contributed by atoms with Gasteiger partial charge in [-0.2, -0.15) is 0 Å². The predicted octanol–water partition coefficient (Wildman–Crippen LogP) is 0.321. The maximum Gasteiger partial charge on any atom is 0.188 e. The molecule has 0 heterocycles. The highest BCUT2D eigenvalue weighted by atomic mass is 15.1. The number of nitrogens with one attached hydrogen (secondary N) is 1. The largest absolute Gasteiger partial charge is 0.370 e. The van der Waals surface area contributed by atoms with Crippen LogP contribution in [0.3, 0.4) is 0 Å². The molecule has 0 unspecified atom stereocenters. The van der Waals surface area contributed by atoms with Crippen LogP contribution in [0.1, 0.15) is 19.3 Å². The summed E-state index contributed by atoms with van der Waals surface area (Å²) in [7, 11) is 1.70. The van der Waals surface area contributed by atoms with Crippen molar-refractivity contribution in [3.8, 4) is 0 Å². The van der Waals surface area contributed by atoms with Crippen molar-refractivity contribution in [3.05, 3.63) is 0 Å². The summed E-state index contributed by atoms with van der Waals surface area (Å²) in [6.07, 6.45) is 4.09. The first-order valence-corrected chi connectivity index (χ1v) is 3.79. The van der Waals surface area contributed by atoms with Crippen molar-refractivity contribution in [2.75, 3.05) is 13.6 Å². The lowest BCUT2D eigenvalue weighted by Gasteiger charge is -2.25. The molecule has 3 nitrogen and oxygen atoms in total. The number of nitrogens with zero attached hydrogens (tertiary/aromatic N) is 1. The molecule has 10 heavy (non-hydrogen) atoms. The zero-order chi connectivity index (χ0) is 7.40. The van der Waals surface area contributed by atoms with Gasteiger partial charge in [-0.25, -0.2) is 0 Å². The third kappa shape index (κ3) is 1.90. The zero-order valence-corrected chi connectivity index (χ0v) is 6.43. The van der Waals surface area contributed by atoms with Crippen molar-refractivity contribution in [3.63, 3.8) is 0 Å². The van der Waals surface area contributed by atoms with Crippen LogP contribution >= 0.6 is 0 Å². The standard InChI is InChI=1S/C7H15N3/c1-9-7(8)10-5-6-3-2-4-6/h6H,2-5H2,1H3,(H3,8,9,10). The fraction of sp³-hybridized carbons (Fsp3) is 0.857. The molecule has 0 spiro atoms. The summed E-state index contributed by atoms with van der Waals surface area (Å²) in [5.74, 6) is 1.41. The number of rotatable bonds is 2. The second-order valence-electron chi connectivity index (χ2n) is 2.79. The Balaban J connectivity index is 2.04. The van der Waals surface area contributed by atoms with Gasteiger partial charge in [0.05, 0.1) is 0 Å². The Bertz CT molecular complexity index is 127. The average Bonchev–Trinajstić information content (AvgIpc) is 1.84. The second-order valence-corrected chi connectivity index (χ2v) is 2.79. The van der Waals surface area contributed by atoms with Crippen molar-refractivity contribution < 1.29 is 0 Å². The van der Waals surface area contributed by atoms with Crippen LogP contribution < -0.4 is 11.1 Å². The first kappa shape index (κ1) is 7.38. The van der Waals surface area contributed by atoms with E-state index in [2.05, 4.69) is 10.3 Å². The van der Waals surface area contributed by atoms with Crippen LogP contribution in [-0.4, -0.2) is 19.6 Å². The maximum absolute atomic E-state index is 5.44. The van der Waals surface area contributed by atoms with Gasteiger partial charge in [-0.05, 0) is 18.8 Å². The summed E-state index contributed by atoms with van der Waals surface area (Å²) in [5.41, 5.74) is 5.44.